The molecule has 0 aromatic heterocycles. The Labute approximate surface area is 159 Å². The lowest BCUT2D eigenvalue weighted by Crippen LogP contribution is -2.30. The molecule has 8 heteroatoms. The number of nitrogens with zero attached hydrogens (tertiary/aromatic N) is 1. The van der Waals surface area contributed by atoms with Gasteiger partial charge in [-0.15, -0.1) is 0 Å². The number of rotatable bonds is 7. The third-order valence-electron chi connectivity index (χ3n) is 4.05. The minimum Gasteiger partial charge on any atom is -0.355 e. The van der Waals surface area contributed by atoms with E-state index in [1.165, 1.54) is 29.6 Å². The van der Waals surface area contributed by atoms with Crippen molar-refractivity contribution in [3.8, 4) is 0 Å². The standard InChI is InChI=1S/C19H23N3O4S/c1-4-22(5-2)27(25,26)17-11-7-9-15(13-17)19(24)21-16-10-6-8-14(12-16)18(23)20-3/h6-13H,4-5H2,1-3H3,(H,20,23)(H,21,24). The number of carbonyl (C=O) groups is 2. The van der Waals surface area contributed by atoms with Crippen molar-refractivity contribution in [2.75, 3.05) is 25.5 Å². The number of amides is 2. The first kappa shape index (κ1) is 20.6. The van der Waals surface area contributed by atoms with E-state index in [0.29, 0.717) is 24.3 Å². The molecule has 144 valence electrons. The SMILES string of the molecule is CCN(CC)S(=O)(=O)c1cccc(C(=O)Nc2cccc(C(=O)NC)c2)c1. The summed E-state index contributed by atoms with van der Waals surface area (Å²) in [4.78, 5) is 24.3. The Morgan fingerprint density at radius 1 is 0.926 bits per heavy atom. The maximum atomic E-state index is 12.6. The Morgan fingerprint density at radius 3 is 2.11 bits per heavy atom. The molecular weight excluding hydrogens is 366 g/mol. The normalized spacial score (nSPS) is 11.3. The van der Waals surface area contributed by atoms with Gasteiger partial charge in [0, 0.05) is 37.0 Å². The summed E-state index contributed by atoms with van der Waals surface area (Å²) in [6, 6.07) is 12.4. The fourth-order valence-corrected chi connectivity index (χ4v) is 4.10. The van der Waals surface area contributed by atoms with Crippen molar-refractivity contribution in [1.82, 2.24) is 9.62 Å². The lowest BCUT2D eigenvalue weighted by atomic mass is 10.1. The molecule has 0 radical (unpaired) electrons. The zero-order chi connectivity index (χ0) is 20.0. The molecule has 0 saturated heterocycles. The summed E-state index contributed by atoms with van der Waals surface area (Å²) in [7, 11) is -2.13. The molecule has 0 saturated carbocycles. The van der Waals surface area contributed by atoms with E-state index in [-0.39, 0.29) is 16.4 Å². The molecule has 27 heavy (non-hydrogen) atoms. The monoisotopic (exact) mass is 389 g/mol. The van der Waals surface area contributed by atoms with Crippen LogP contribution < -0.4 is 10.6 Å². The van der Waals surface area contributed by atoms with Gasteiger partial charge in [0.25, 0.3) is 11.8 Å². The largest absolute Gasteiger partial charge is 0.355 e. The second kappa shape index (κ2) is 8.79. The van der Waals surface area contributed by atoms with Gasteiger partial charge < -0.3 is 10.6 Å². The van der Waals surface area contributed by atoms with Crippen LogP contribution in [-0.4, -0.2) is 44.7 Å². The van der Waals surface area contributed by atoms with E-state index < -0.39 is 15.9 Å². The van der Waals surface area contributed by atoms with Crippen LogP contribution in [0, 0.1) is 0 Å². The zero-order valence-corrected chi connectivity index (χ0v) is 16.3. The fraction of sp³-hybridized carbons (Fsp3) is 0.263. The Balaban J connectivity index is 2.27. The van der Waals surface area contributed by atoms with E-state index in [2.05, 4.69) is 10.6 Å². The number of nitrogens with one attached hydrogen (secondary N) is 2. The van der Waals surface area contributed by atoms with E-state index in [9.17, 15) is 18.0 Å². The molecule has 0 heterocycles. The molecule has 0 aliphatic rings. The van der Waals surface area contributed by atoms with Gasteiger partial charge in [-0.2, -0.15) is 4.31 Å². The lowest BCUT2D eigenvalue weighted by molar-refractivity contribution is 0.0961. The minimum atomic E-state index is -3.65. The molecule has 0 bridgehead atoms. The number of hydrogen-bond acceptors (Lipinski definition) is 4. The van der Waals surface area contributed by atoms with Gasteiger partial charge in [-0.25, -0.2) is 8.42 Å². The van der Waals surface area contributed by atoms with Crippen LogP contribution in [0.1, 0.15) is 34.6 Å². The van der Waals surface area contributed by atoms with Crippen molar-refractivity contribution in [3.63, 3.8) is 0 Å². The Kier molecular flexibility index (Phi) is 6.70. The molecule has 2 aromatic carbocycles. The number of hydrogen-bond donors (Lipinski definition) is 2. The third-order valence-corrected chi connectivity index (χ3v) is 6.09. The highest BCUT2D eigenvalue weighted by Crippen LogP contribution is 2.18. The molecule has 0 spiro atoms. The van der Waals surface area contributed by atoms with Crippen molar-refractivity contribution in [3.05, 3.63) is 59.7 Å². The van der Waals surface area contributed by atoms with Crippen LogP contribution in [0.5, 0.6) is 0 Å². The molecule has 2 aromatic rings. The zero-order valence-electron chi connectivity index (χ0n) is 15.5. The van der Waals surface area contributed by atoms with Crippen molar-refractivity contribution in [2.24, 2.45) is 0 Å². The van der Waals surface area contributed by atoms with E-state index in [1.54, 1.807) is 44.2 Å². The van der Waals surface area contributed by atoms with Gasteiger partial charge in [-0.1, -0.05) is 26.0 Å². The average molecular weight is 389 g/mol. The first-order chi connectivity index (χ1) is 12.8. The summed E-state index contributed by atoms with van der Waals surface area (Å²) >= 11 is 0. The van der Waals surface area contributed by atoms with Crippen LogP contribution in [0.2, 0.25) is 0 Å². The second-order valence-corrected chi connectivity index (χ2v) is 7.67. The van der Waals surface area contributed by atoms with Crippen LogP contribution in [-0.2, 0) is 10.0 Å². The number of anilines is 1. The van der Waals surface area contributed by atoms with E-state index in [1.807, 2.05) is 0 Å². The van der Waals surface area contributed by atoms with Crippen molar-refractivity contribution < 1.29 is 18.0 Å². The Hall–Kier alpha value is -2.71. The Bertz CT molecular complexity index is 937. The topological polar surface area (TPSA) is 95.6 Å². The van der Waals surface area contributed by atoms with E-state index in [4.69, 9.17) is 0 Å². The quantitative estimate of drug-likeness (QED) is 0.760. The number of sulfonamides is 1. The fourth-order valence-electron chi connectivity index (χ4n) is 2.60. The predicted octanol–water partition coefficient (Wildman–Crippen LogP) is 2.33. The first-order valence-electron chi connectivity index (χ1n) is 8.57. The molecule has 0 unspecified atom stereocenters. The van der Waals surface area contributed by atoms with Crippen LogP contribution >= 0.6 is 0 Å². The summed E-state index contributed by atoms with van der Waals surface area (Å²) in [5.41, 5.74) is 1.07. The lowest BCUT2D eigenvalue weighted by Gasteiger charge is -2.18. The molecule has 2 N–H and O–H groups in total. The van der Waals surface area contributed by atoms with Gasteiger partial charge in [-0.05, 0) is 36.4 Å². The summed E-state index contributed by atoms with van der Waals surface area (Å²) in [6.45, 7) is 4.22. The molecule has 0 atom stereocenters. The number of carbonyl (C=O) groups excluding carboxylic acids is 2. The number of benzene rings is 2. The van der Waals surface area contributed by atoms with Gasteiger partial charge in [0.15, 0.2) is 0 Å². The molecule has 0 aliphatic heterocycles. The summed E-state index contributed by atoms with van der Waals surface area (Å²) in [5.74, 6) is -0.723. The highest BCUT2D eigenvalue weighted by Gasteiger charge is 2.22. The summed E-state index contributed by atoms with van der Waals surface area (Å²) in [6.07, 6.45) is 0. The van der Waals surface area contributed by atoms with Crippen LogP contribution in [0.25, 0.3) is 0 Å². The van der Waals surface area contributed by atoms with Gasteiger partial charge >= 0.3 is 0 Å². The third kappa shape index (κ3) is 4.72. The van der Waals surface area contributed by atoms with E-state index >= 15 is 0 Å². The predicted molar refractivity (Wildman–Crippen MR) is 104 cm³/mol. The molecule has 2 rings (SSSR count). The summed E-state index contributed by atoms with van der Waals surface area (Å²) in [5, 5.41) is 5.20. The summed E-state index contributed by atoms with van der Waals surface area (Å²) < 4.78 is 26.6. The molecule has 0 fully saturated rings. The highest BCUT2D eigenvalue weighted by molar-refractivity contribution is 7.89. The van der Waals surface area contributed by atoms with Gasteiger partial charge in [0.2, 0.25) is 10.0 Å². The van der Waals surface area contributed by atoms with Crippen molar-refractivity contribution >= 4 is 27.5 Å². The molecule has 2 amide bonds. The van der Waals surface area contributed by atoms with Crippen LogP contribution in [0.15, 0.2) is 53.4 Å². The maximum absolute atomic E-state index is 12.6. The van der Waals surface area contributed by atoms with Crippen LogP contribution in [0.3, 0.4) is 0 Å². The second-order valence-electron chi connectivity index (χ2n) is 5.73. The molecule has 0 aliphatic carbocycles. The van der Waals surface area contributed by atoms with Gasteiger partial charge in [0.05, 0.1) is 4.90 Å². The maximum Gasteiger partial charge on any atom is 0.255 e. The van der Waals surface area contributed by atoms with Gasteiger partial charge in [0.1, 0.15) is 0 Å². The molecule has 7 nitrogen and oxygen atoms in total. The minimum absolute atomic E-state index is 0.0676. The van der Waals surface area contributed by atoms with Crippen molar-refractivity contribution in [2.45, 2.75) is 18.7 Å². The van der Waals surface area contributed by atoms with Gasteiger partial charge in [-0.3, -0.25) is 9.59 Å². The van der Waals surface area contributed by atoms with Crippen molar-refractivity contribution in [1.29, 1.82) is 0 Å². The smallest absolute Gasteiger partial charge is 0.255 e. The average Bonchev–Trinajstić information content (AvgIpc) is 2.68. The van der Waals surface area contributed by atoms with Crippen LogP contribution in [0.4, 0.5) is 5.69 Å². The Morgan fingerprint density at radius 2 is 1.52 bits per heavy atom. The highest BCUT2D eigenvalue weighted by atomic mass is 32.2. The molecular formula is C19H23N3O4S. The first-order valence-corrected chi connectivity index (χ1v) is 10.0. The van der Waals surface area contributed by atoms with E-state index in [0.717, 1.165) is 0 Å².